The minimum absolute atomic E-state index is 0.0206. The van der Waals surface area contributed by atoms with E-state index in [0.717, 1.165) is 37.1 Å². The van der Waals surface area contributed by atoms with Crippen molar-refractivity contribution in [1.29, 1.82) is 0 Å². The minimum atomic E-state index is 0.0206. The Balaban J connectivity index is 1.49. The van der Waals surface area contributed by atoms with Gasteiger partial charge in [0.25, 0.3) is 5.91 Å². The molecule has 2 aliphatic rings. The maximum Gasteiger partial charge on any atom is 0.258 e. The van der Waals surface area contributed by atoms with Crippen LogP contribution >= 0.6 is 0 Å². The minimum Gasteiger partial charge on any atom is -0.326 e. The first-order valence-electron chi connectivity index (χ1n) is 10.5. The number of amides is 2. The third kappa shape index (κ3) is 4.27. The summed E-state index contributed by atoms with van der Waals surface area (Å²) < 4.78 is 0. The van der Waals surface area contributed by atoms with Gasteiger partial charge in [-0.1, -0.05) is 43.5 Å². The molecule has 0 atom stereocenters. The fourth-order valence-electron chi connectivity index (χ4n) is 4.47. The molecule has 1 saturated carbocycles. The lowest BCUT2D eigenvalue weighted by molar-refractivity contribution is -0.117. The van der Waals surface area contributed by atoms with Gasteiger partial charge in [-0.25, -0.2) is 0 Å². The summed E-state index contributed by atoms with van der Waals surface area (Å²) in [6, 6.07) is 15.4. The second-order valence-electron chi connectivity index (χ2n) is 8.03. The Morgan fingerprint density at radius 3 is 2.54 bits per heavy atom. The SMILES string of the molecule is O=C(CC1CCCCC1)Nc1ccc2c(c1)N(C(=O)c1ccccc1)CCC2. The van der Waals surface area contributed by atoms with E-state index in [1.165, 1.54) is 24.8 Å². The molecule has 1 aliphatic carbocycles. The Morgan fingerprint density at radius 2 is 1.75 bits per heavy atom. The van der Waals surface area contributed by atoms with Gasteiger partial charge >= 0.3 is 0 Å². The number of rotatable bonds is 4. The Morgan fingerprint density at radius 1 is 0.964 bits per heavy atom. The normalized spacial score (nSPS) is 17.1. The zero-order chi connectivity index (χ0) is 19.3. The Kier molecular flexibility index (Phi) is 5.75. The summed E-state index contributed by atoms with van der Waals surface area (Å²) in [5.74, 6) is 0.623. The Labute approximate surface area is 166 Å². The number of hydrogen-bond acceptors (Lipinski definition) is 2. The van der Waals surface area contributed by atoms with Crippen molar-refractivity contribution >= 4 is 23.2 Å². The third-order valence-corrected chi connectivity index (χ3v) is 5.95. The fraction of sp³-hybridized carbons (Fsp3) is 0.417. The van der Waals surface area contributed by atoms with Gasteiger partial charge in [0, 0.05) is 29.9 Å². The van der Waals surface area contributed by atoms with Gasteiger partial charge in [-0.2, -0.15) is 0 Å². The van der Waals surface area contributed by atoms with Crippen LogP contribution in [0, 0.1) is 5.92 Å². The zero-order valence-electron chi connectivity index (χ0n) is 16.3. The van der Waals surface area contributed by atoms with Crippen molar-refractivity contribution in [1.82, 2.24) is 0 Å². The molecule has 28 heavy (non-hydrogen) atoms. The van der Waals surface area contributed by atoms with Crippen molar-refractivity contribution < 1.29 is 9.59 Å². The summed E-state index contributed by atoms with van der Waals surface area (Å²) in [5.41, 5.74) is 3.57. The maximum atomic E-state index is 13.0. The number of nitrogens with zero attached hydrogens (tertiary/aromatic N) is 1. The maximum absolute atomic E-state index is 13.0. The van der Waals surface area contributed by atoms with Crippen molar-refractivity contribution in [2.24, 2.45) is 5.92 Å². The molecule has 2 aromatic rings. The average molecular weight is 377 g/mol. The number of carbonyl (C=O) groups excluding carboxylic acids is 2. The highest BCUT2D eigenvalue weighted by Gasteiger charge is 2.24. The molecule has 4 nitrogen and oxygen atoms in total. The lowest BCUT2D eigenvalue weighted by atomic mass is 9.87. The molecule has 0 aromatic heterocycles. The summed E-state index contributed by atoms with van der Waals surface area (Å²) in [7, 11) is 0. The van der Waals surface area contributed by atoms with Crippen LogP contribution in [0.4, 0.5) is 11.4 Å². The second kappa shape index (κ2) is 8.59. The van der Waals surface area contributed by atoms with E-state index in [-0.39, 0.29) is 11.8 Å². The van der Waals surface area contributed by atoms with Gasteiger partial charge in [0.15, 0.2) is 0 Å². The number of aryl methyl sites for hydroxylation is 1. The summed E-state index contributed by atoms with van der Waals surface area (Å²) in [6.45, 7) is 0.709. The number of carbonyl (C=O) groups is 2. The van der Waals surface area contributed by atoms with Crippen molar-refractivity contribution in [3.05, 3.63) is 59.7 Å². The van der Waals surface area contributed by atoms with Gasteiger partial charge in [-0.3, -0.25) is 9.59 Å². The summed E-state index contributed by atoms with van der Waals surface area (Å²) in [4.78, 5) is 27.3. The molecule has 0 spiro atoms. The first-order chi connectivity index (χ1) is 13.7. The van der Waals surface area contributed by atoms with E-state index >= 15 is 0 Å². The standard InChI is InChI=1S/C24H28N2O2/c27-23(16-18-8-3-1-4-9-18)25-21-14-13-19-12-7-15-26(22(19)17-21)24(28)20-10-5-2-6-11-20/h2,5-6,10-11,13-14,17-18H,1,3-4,7-9,12,15-16H2,(H,25,27). The smallest absolute Gasteiger partial charge is 0.258 e. The molecule has 0 radical (unpaired) electrons. The Bertz CT molecular complexity index is 841. The van der Waals surface area contributed by atoms with Gasteiger partial charge in [0.05, 0.1) is 0 Å². The molecule has 1 aliphatic heterocycles. The quantitative estimate of drug-likeness (QED) is 0.798. The zero-order valence-corrected chi connectivity index (χ0v) is 16.3. The van der Waals surface area contributed by atoms with E-state index in [9.17, 15) is 9.59 Å². The van der Waals surface area contributed by atoms with Crippen LogP contribution in [0.1, 0.15) is 60.9 Å². The second-order valence-corrected chi connectivity index (χ2v) is 8.03. The molecule has 0 unspecified atom stereocenters. The van der Waals surface area contributed by atoms with Gasteiger partial charge in [0.2, 0.25) is 5.91 Å². The summed E-state index contributed by atoms with van der Waals surface area (Å²) in [6.07, 6.45) is 8.63. The number of fused-ring (bicyclic) bond motifs is 1. The molecule has 146 valence electrons. The topological polar surface area (TPSA) is 49.4 Å². The largest absolute Gasteiger partial charge is 0.326 e. The Hall–Kier alpha value is -2.62. The number of hydrogen-bond donors (Lipinski definition) is 1. The predicted molar refractivity (Wildman–Crippen MR) is 113 cm³/mol. The average Bonchev–Trinajstić information content (AvgIpc) is 2.74. The van der Waals surface area contributed by atoms with Crippen LogP contribution < -0.4 is 10.2 Å². The number of benzene rings is 2. The first kappa shape index (κ1) is 18.7. The number of nitrogens with one attached hydrogen (secondary N) is 1. The molecule has 2 amide bonds. The van der Waals surface area contributed by atoms with E-state index < -0.39 is 0 Å². The molecule has 1 fully saturated rings. The number of anilines is 2. The highest BCUT2D eigenvalue weighted by atomic mass is 16.2. The van der Waals surface area contributed by atoms with Crippen LogP contribution in [0.3, 0.4) is 0 Å². The van der Waals surface area contributed by atoms with Crippen LogP contribution in [0.5, 0.6) is 0 Å². The van der Waals surface area contributed by atoms with Crippen LogP contribution in [0.2, 0.25) is 0 Å². The molecule has 0 bridgehead atoms. The lowest BCUT2D eigenvalue weighted by Crippen LogP contribution is -2.35. The van der Waals surface area contributed by atoms with Crippen molar-refractivity contribution in [3.63, 3.8) is 0 Å². The van der Waals surface area contributed by atoms with Crippen LogP contribution in [-0.2, 0) is 11.2 Å². The van der Waals surface area contributed by atoms with Gasteiger partial charge in [-0.15, -0.1) is 0 Å². The molecular formula is C24H28N2O2. The summed E-state index contributed by atoms with van der Waals surface area (Å²) >= 11 is 0. The summed E-state index contributed by atoms with van der Waals surface area (Å²) in [5, 5.41) is 3.06. The molecule has 4 heteroatoms. The van der Waals surface area contributed by atoms with Crippen molar-refractivity contribution in [3.8, 4) is 0 Å². The first-order valence-corrected chi connectivity index (χ1v) is 10.5. The van der Waals surface area contributed by atoms with Crippen LogP contribution in [-0.4, -0.2) is 18.4 Å². The molecular weight excluding hydrogens is 348 g/mol. The molecule has 2 aromatic carbocycles. The third-order valence-electron chi connectivity index (χ3n) is 5.95. The lowest BCUT2D eigenvalue weighted by Gasteiger charge is -2.30. The highest BCUT2D eigenvalue weighted by Crippen LogP contribution is 2.32. The van der Waals surface area contributed by atoms with E-state index in [1.807, 2.05) is 47.4 Å². The molecule has 1 heterocycles. The van der Waals surface area contributed by atoms with Crippen LogP contribution in [0.25, 0.3) is 0 Å². The van der Waals surface area contributed by atoms with E-state index in [0.29, 0.717) is 24.4 Å². The van der Waals surface area contributed by atoms with Crippen molar-refractivity contribution in [2.45, 2.75) is 51.4 Å². The van der Waals surface area contributed by atoms with Crippen molar-refractivity contribution in [2.75, 3.05) is 16.8 Å². The molecule has 1 N–H and O–H groups in total. The van der Waals surface area contributed by atoms with E-state index in [1.54, 1.807) is 0 Å². The molecule has 4 rings (SSSR count). The van der Waals surface area contributed by atoms with E-state index in [2.05, 4.69) is 11.4 Å². The van der Waals surface area contributed by atoms with Gasteiger partial charge in [0.1, 0.15) is 0 Å². The van der Waals surface area contributed by atoms with Crippen LogP contribution in [0.15, 0.2) is 48.5 Å². The molecule has 0 saturated heterocycles. The fourth-order valence-corrected chi connectivity index (χ4v) is 4.47. The van der Waals surface area contributed by atoms with Gasteiger partial charge < -0.3 is 10.2 Å². The van der Waals surface area contributed by atoms with E-state index in [4.69, 9.17) is 0 Å². The highest BCUT2D eigenvalue weighted by molar-refractivity contribution is 6.07. The van der Waals surface area contributed by atoms with Gasteiger partial charge in [-0.05, 0) is 61.4 Å². The monoisotopic (exact) mass is 376 g/mol. The predicted octanol–water partition coefficient (Wildman–Crippen LogP) is 5.19.